The minimum Gasteiger partial charge on any atom is -0.508 e. The number of phenolic OH excluding ortho intramolecular Hbond substituents is 2. The van der Waals surface area contributed by atoms with Gasteiger partial charge in [0, 0.05) is 33.9 Å². The third-order valence-electron chi connectivity index (χ3n) is 7.64. The zero-order valence-corrected chi connectivity index (χ0v) is 24.1. The molecule has 7 heteroatoms. The van der Waals surface area contributed by atoms with Crippen LogP contribution in [0.4, 0.5) is 8.78 Å². The average molecular weight is 611 g/mol. The van der Waals surface area contributed by atoms with Crippen LogP contribution in [-0.2, 0) is 0 Å². The van der Waals surface area contributed by atoms with E-state index in [0.717, 1.165) is 6.07 Å². The van der Waals surface area contributed by atoms with E-state index in [9.17, 15) is 33.4 Å². The number of rotatable bonds is 8. The molecule has 0 amide bonds. The quantitative estimate of drug-likeness (QED) is 0.169. The minimum absolute atomic E-state index is 0.0143. The van der Waals surface area contributed by atoms with Crippen molar-refractivity contribution in [1.82, 2.24) is 0 Å². The topological polar surface area (TPSA) is 91.7 Å². The summed E-state index contributed by atoms with van der Waals surface area (Å²) in [6, 6.07) is 33.0. The maximum atomic E-state index is 13.9. The molecule has 0 fully saturated rings. The highest BCUT2D eigenvalue weighted by atomic mass is 19.1. The van der Waals surface area contributed by atoms with Gasteiger partial charge < -0.3 is 10.2 Å². The Labute approximate surface area is 262 Å². The molecule has 0 heterocycles. The van der Waals surface area contributed by atoms with Crippen molar-refractivity contribution in [1.29, 1.82) is 0 Å². The molecule has 0 atom stereocenters. The van der Waals surface area contributed by atoms with Crippen LogP contribution in [0.15, 0.2) is 133 Å². The van der Waals surface area contributed by atoms with Crippen LogP contribution in [0.1, 0.15) is 47.8 Å². The number of ketones is 3. The number of benzene rings is 6. The lowest BCUT2D eigenvalue weighted by Gasteiger charge is -2.14. The Balaban J connectivity index is 1.37. The lowest BCUT2D eigenvalue weighted by molar-refractivity contribution is 0.102. The summed E-state index contributed by atoms with van der Waals surface area (Å²) in [5.41, 5.74) is 4.25. The molecule has 0 saturated heterocycles. The second-order valence-electron chi connectivity index (χ2n) is 10.6. The number of hydrogen-bond donors (Lipinski definition) is 2. The van der Waals surface area contributed by atoms with Crippen LogP contribution in [0.5, 0.6) is 11.5 Å². The number of aromatic hydroxyl groups is 2. The van der Waals surface area contributed by atoms with Gasteiger partial charge in [-0.3, -0.25) is 14.4 Å². The molecule has 0 aliphatic carbocycles. The van der Waals surface area contributed by atoms with E-state index in [1.54, 1.807) is 60.7 Å². The van der Waals surface area contributed by atoms with Gasteiger partial charge in [0.05, 0.1) is 5.56 Å². The lowest BCUT2D eigenvalue weighted by Crippen LogP contribution is -2.05. The second kappa shape index (κ2) is 12.4. The zero-order valence-electron chi connectivity index (χ0n) is 24.1. The maximum absolute atomic E-state index is 13.9. The van der Waals surface area contributed by atoms with Crippen molar-refractivity contribution in [3.63, 3.8) is 0 Å². The standard InChI is InChI=1S/C39H24F2O5/c40-30-14-9-27(10-15-30)37(44)25-5-1-23(2-6-25)29-13-19-33(35(21-29)39(46)34-20-18-32(42)22-36(34)43)24-3-7-26(8-4-24)38(45)28-11-16-31(41)17-12-28/h1-22,42-43H. The highest BCUT2D eigenvalue weighted by molar-refractivity contribution is 6.15. The van der Waals surface area contributed by atoms with Crippen LogP contribution in [-0.4, -0.2) is 27.6 Å². The molecule has 224 valence electrons. The highest BCUT2D eigenvalue weighted by Crippen LogP contribution is 2.34. The van der Waals surface area contributed by atoms with E-state index in [-0.39, 0.29) is 34.2 Å². The normalized spacial score (nSPS) is 10.8. The van der Waals surface area contributed by atoms with Gasteiger partial charge in [0.25, 0.3) is 0 Å². The van der Waals surface area contributed by atoms with Crippen molar-refractivity contribution in [2.75, 3.05) is 0 Å². The van der Waals surface area contributed by atoms with E-state index in [1.165, 1.54) is 60.7 Å². The Kier molecular flexibility index (Phi) is 8.06. The molecule has 0 bridgehead atoms. The minimum atomic E-state index is -0.496. The molecule has 0 aliphatic rings. The molecule has 46 heavy (non-hydrogen) atoms. The van der Waals surface area contributed by atoms with E-state index in [0.29, 0.717) is 44.5 Å². The molecule has 2 N–H and O–H groups in total. The van der Waals surface area contributed by atoms with Crippen LogP contribution in [0.2, 0.25) is 0 Å². The summed E-state index contributed by atoms with van der Waals surface area (Å²) in [6.45, 7) is 0. The summed E-state index contributed by atoms with van der Waals surface area (Å²) in [7, 11) is 0. The Morgan fingerprint density at radius 3 is 1.33 bits per heavy atom. The Bertz CT molecular complexity index is 2100. The molecular weight excluding hydrogens is 586 g/mol. The first-order chi connectivity index (χ1) is 22.2. The van der Waals surface area contributed by atoms with Gasteiger partial charge in [0.1, 0.15) is 23.1 Å². The predicted octanol–water partition coefficient (Wildman–Crippen LogP) is 8.40. The molecule has 6 aromatic rings. The van der Waals surface area contributed by atoms with Crippen LogP contribution in [0.25, 0.3) is 22.3 Å². The van der Waals surface area contributed by atoms with Gasteiger partial charge in [0.2, 0.25) is 0 Å². The van der Waals surface area contributed by atoms with Gasteiger partial charge >= 0.3 is 0 Å². The van der Waals surface area contributed by atoms with E-state index >= 15 is 0 Å². The zero-order chi connectivity index (χ0) is 32.4. The summed E-state index contributed by atoms with van der Waals surface area (Å²) in [5, 5.41) is 20.3. The van der Waals surface area contributed by atoms with Crippen LogP contribution >= 0.6 is 0 Å². The number of carbonyl (C=O) groups is 3. The van der Waals surface area contributed by atoms with E-state index in [4.69, 9.17) is 0 Å². The molecule has 0 aromatic heterocycles. The highest BCUT2D eigenvalue weighted by Gasteiger charge is 2.20. The Hall–Kier alpha value is -6.21. The van der Waals surface area contributed by atoms with Crippen molar-refractivity contribution in [2.24, 2.45) is 0 Å². The summed E-state index contributed by atoms with van der Waals surface area (Å²) in [5.74, 6) is -2.50. The number of carbonyl (C=O) groups excluding carboxylic acids is 3. The van der Waals surface area contributed by atoms with Gasteiger partial charge in [0.15, 0.2) is 17.3 Å². The fourth-order valence-electron chi connectivity index (χ4n) is 5.17. The van der Waals surface area contributed by atoms with Gasteiger partial charge in [-0.25, -0.2) is 8.78 Å². The molecule has 5 nitrogen and oxygen atoms in total. The first kappa shape index (κ1) is 29.8. The van der Waals surface area contributed by atoms with Crippen LogP contribution < -0.4 is 0 Å². The fraction of sp³-hybridized carbons (Fsp3) is 0. The number of phenols is 2. The first-order valence-corrected chi connectivity index (χ1v) is 14.2. The molecule has 0 saturated carbocycles. The smallest absolute Gasteiger partial charge is 0.197 e. The summed E-state index contributed by atoms with van der Waals surface area (Å²) < 4.78 is 26.6. The molecule has 6 rings (SSSR count). The van der Waals surface area contributed by atoms with E-state index in [1.807, 2.05) is 6.07 Å². The Morgan fingerprint density at radius 1 is 0.413 bits per heavy atom. The monoisotopic (exact) mass is 610 g/mol. The number of halogens is 2. The van der Waals surface area contributed by atoms with Crippen molar-refractivity contribution in [3.05, 3.63) is 178 Å². The molecular formula is C39H24F2O5. The predicted molar refractivity (Wildman–Crippen MR) is 170 cm³/mol. The second-order valence-corrected chi connectivity index (χ2v) is 10.6. The van der Waals surface area contributed by atoms with Crippen molar-refractivity contribution < 1.29 is 33.4 Å². The van der Waals surface area contributed by atoms with Crippen molar-refractivity contribution in [3.8, 4) is 33.8 Å². The summed E-state index contributed by atoms with van der Waals surface area (Å²) >= 11 is 0. The molecule has 6 aromatic carbocycles. The lowest BCUT2D eigenvalue weighted by atomic mass is 9.89. The van der Waals surface area contributed by atoms with Gasteiger partial charge in [-0.2, -0.15) is 0 Å². The molecule has 0 unspecified atom stereocenters. The van der Waals surface area contributed by atoms with Crippen LogP contribution in [0.3, 0.4) is 0 Å². The van der Waals surface area contributed by atoms with Crippen molar-refractivity contribution >= 4 is 17.3 Å². The third-order valence-corrected chi connectivity index (χ3v) is 7.64. The van der Waals surface area contributed by atoms with Crippen LogP contribution in [0, 0.1) is 11.6 Å². The maximum Gasteiger partial charge on any atom is 0.197 e. The van der Waals surface area contributed by atoms with Gasteiger partial charge in [-0.05, 0) is 89.0 Å². The summed E-state index contributed by atoms with van der Waals surface area (Å²) in [4.78, 5) is 39.7. The SMILES string of the molecule is O=C(c1ccc(F)cc1)c1ccc(-c2ccc(-c3ccc(C(=O)c4ccc(F)cc4)cc3)c(C(=O)c3ccc(O)cc3O)c2)cc1. The number of hydrogen-bond acceptors (Lipinski definition) is 5. The van der Waals surface area contributed by atoms with Crippen molar-refractivity contribution in [2.45, 2.75) is 0 Å². The first-order valence-electron chi connectivity index (χ1n) is 14.2. The van der Waals surface area contributed by atoms with Gasteiger partial charge in [-0.1, -0.05) is 60.7 Å². The molecule has 0 radical (unpaired) electrons. The summed E-state index contributed by atoms with van der Waals surface area (Å²) in [6.07, 6.45) is 0. The largest absolute Gasteiger partial charge is 0.508 e. The van der Waals surface area contributed by atoms with E-state index < -0.39 is 17.4 Å². The fourth-order valence-corrected chi connectivity index (χ4v) is 5.17. The molecule has 0 spiro atoms. The van der Waals surface area contributed by atoms with E-state index in [2.05, 4.69) is 0 Å². The molecule has 0 aliphatic heterocycles. The van der Waals surface area contributed by atoms with Gasteiger partial charge in [-0.15, -0.1) is 0 Å². The Morgan fingerprint density at radius 2 is 0.848 bits per heavy atom. The average Bonchev–Trinajstić information content (AvgIpc) is 3.08. The third kappa shape index (κ3) is 6.07.